The smallest absolute Gasteiger partial charge is 0.318 e. The highest BCUT2D eigenvalue weighted by Crippen LogP contribution is 2.23. The van der Waals surface area contributed by atoms with E-state index in [0.717, 1.165) is 0 Å². The number of hydrogen-bond donors (Lipinski definition) is 0. The Balaban J connectivity index is 2.24. The van der Waals surface area contributed by atoms with Gasteiger partial charge in [0.25, 0.3) is 0 Å². The lowest BCUT2D eigenvalue weighted by molar-refractivity contribution is -0.117. The van der Waals surface area contributed by atoms with Gasteiger partial charge in [0.1, 0.15) is 5.82 Å². The minimum atomic E-state index is -0.0338. The van der Waals surface area contributed by atoms with E-state index in [1.807, 2.05) is 0 Å². The van der Waals surface area contributed by atoms with Gasteiger partial charge in [-0.25, -0.2) is 4.98 Å². The van der Waals surface area contributed by atoms with Crippen LogP contribution >= 0.6 is 0 Å². The molecule has 0 radical (unpaired) electrons. The second kappa shape index (κ2) is 4.19. The van der Waals surface area contributed by atoms with Crippen LogP contribution in [0.5, 0.6) is 6.01 Å². The van der Waals surface area contributed by atoms with Crippen molar-refractivity contribution in [3.63, 3.8) is 0 Å². The van der Waals surface area contributed by atoms with Crippen LogP contribution in [0, 0.1) is 18.3 Å². The fourth-order valence-electron chi connectivity index (χ4n) is 1.62. The Bertz CT molecular complexity index is 453. The van der Waals surface area contributed by atoms with E-state index >= 15 is 0 Å². The highest BCUT2D eigenvalue weighted by Gasteiger charge is 2.30. The molecule has 1 unspecified atom stereocenters. The van der Waals surface area contributed by atoms with Crippen LogP contribution in [0.1, 0.15) is 6.42 Å². The van der Waals surface area contributed by atoms with Crippen LogP contribution in [0.2, 0.25) is 0 Å². The summed E-state index contributed by atoms with van der Waals surface area (Å²) < 4.78 is 4.90. The first-order valence-corrected chi connectivity index (χ1v) is 4.88. The molecule has 1 amide bonds. The van der Waals surface area contributed by atoms with Gasteiger partial charge < -0.3 is 4.74 Å². The van der Waals surface area contributed by atoms with Gasteiger partial charge in [-0.3, -0.25) is 9.69 Å². The van der Waals surface area contributed by atoms with Crippen LogP contribution in [0.3, 0.4) is 0 Å². The van der Waals surface area contributed by atoms with Gasteiger partial charge in [-0.15, -0.1) is 12.3 Å². The van der Waals surface area contributed by atoms with E-state index in [-0.39, 0.29) is 17.8 Å². The molecule has 0 aliphatic carbocycles. The lowest BCUT2D eigenvalue weighted by Crippen LogP contribution is -2.25. The number of ether oxygens (including phenoxy) is 1. The highest BCUT2D eigenvalue weighted by molar-refractivity contribution is 5.95. The number of carbonyl (C=O) groups excluding carboxylic acids is 1. The Morgan fingerprint density at radius 3 is 3.12 bits per heavy atom. The Morgan fingerprint density at radius 1 is 1.69 bits per heavy atom. The van der Waals surface area contributed by atoms with Crippen molar-refractivity contribution in [1.29, 1.82) is 0 Å². The van der Waals surface area contributed by atoms with E-state index < -0.39 is 0 Å². The minimum Gasteiger partial charge on any atom is -0.467 e. The molecule has 1 atom stereocenters. The summed E-state index contributed by atoms with van der Waals surface area (Å²) in [7, 11) is 1.48. The molecule has 1 fully saturated rings. The van der Waals surface area contributed by atoms with Gasteiger partial charge in [-0.1, -0.05) is 0 Å². The normalized spacial score (nSPS) is 19.6. The molecule has 2 rings (SSSR count). The Kier molecular flexibility index (Phi) is 2.73. The third-order valence-electron chi connectivity index (χ3n) is 2.44. The van der Waals surface area contributed by atoms with Crippen molar-refractivity contribution < 1.29 is 9.53 Å². The number of aromatic nitrogens is 2. The van der Waals surface area contributed by atoms with Gasteiger partial charge in [0.05, 0.1) is 7.11 Å². The molecule has 1 aromatic rings. The van der Waals surface area contributed by atoms with E-state index in [2.05, 4.69) is 15.9 Å². The van der Waals surface area contributed by atoms with Crippen molar-refractivity contribution in [2.45, 2.75) is 6.42 Å². The summed E-state index contributed by atoms with van der Waals surface area (Å²) in [5.41, 5.74) is 0. The summed E-state index contributed by atoms with van der Waals surface area (Å²) in [5.74, 6) is 3.08. The molecule has 0 N–H and O–H groups in total. The van der Waals surface area contributed by atoms with Gasteiger partial charge in [0.2, 0.25) is 5.91 Å². The van der Waals surface area contributed by atoms with Crippen molar-refractivity contribution >= 4 is 11.7 Å². The van der Waals surface area contributed by atoms with E-state index in [1.54, 1.807) is 17.2 Å². The first kappa shape index (κ1) is 10.4. The summed E-state index contributed by atoms with van der Waals surface area (Å²) in [6, 6.07) is 1.91. The molecule has 5 heteroatoms. The number of terminal acetylenes is 1. The van der Waals surface area contributed by atoms with Crippen LogP contribution < -0.4 is 9.64 Å². The molecular weight excluding hydrogens is 206 g/mol. The second-order valence-electron chi connectivity index (χ2n) is 3.47. The zero-order valence-corrected chi connectivity index (χ0v) is 8.88. The largest absolute Gasteiger partial charge is 0.467 e. The molecule has 5 nitrogen and oxygen atoms in total. The number of anilines is 1. The maximum atomic E-state index is 11.7. The number of nitrogens with zero attached hydrogens (tertiary/aromatic N) is 3. The van der Waals surface area contributed by atoms with Gasteiger partial charge in [-0.2, -0.15) is 4.98 Å². The summed E-state index contributed by atoms with van der Waals surface area (Å²) in [6.07, 6.45) is 7.24. The molecular formula is C11H11N3O2. The standard InChI is InChI=1S/C11H11N3O2/c1-3-8-6-10(15)14(7-8)9-4-5-12-11(13-9)16-2/h1,4-5,8H,6-7H2,2H3. The van der Waals surface area contributed by atoms with Gasteiger partial charge >= 0.3 is 6.01 Å². The van der Waals surface area contributed by atoms with Gasteiger partial charge in [0.15, 0.2) is 0 Å². The molecule has 1 saturated heterocycles. The quantitative estimate of drug-likeness (QED) is 0.676. The number of carbonyl (C=O) groups is 1. The summed E-state index contributed by atoms with van der Waals surface area (Å²) in [4.78, 5) is 21.2. The molecule has 1 aromatic heterocycles. The van der Waals surface area contributed by atoms with Crippen molar-refractivity contribution in [2.24, 2.45) is 5.92 Å². The van der Waals surface area contributed by atoms with Crippen LogP contribution in [-0.2, 0) is 4.79 Å². The van der Waals surface area contributed by atoms with Crippen LogP contribution in [0.4, 0.5) is 5.82 Å². The lowest BCUT2D eigenvalue weighted by atomic mass is 10.1. The molecule has 1 aliphatic rings. The summed E-state index contributed by atoms with van der Waals surface area (Å²) in [5, 5.41) is 0. The first-order chi connectivity index (χ1) is 7.74. The summed E-state index contributed by atoms with van der Waals surface area (Å²) in [6.45, 7) is 0.509. The van der Waals surface area contributed by atoms with E-state index in [4.69, 9.17) is 11.2 Å². The molecule has 0 aromatic carbocycles. The van der Waals surface area contributed by atoms with Crippen molar-refractivity contribution in [2.75, 3.05) is 18.6 Å². The van der Waals surface area contributed by atoms with E-state index in [9.17, 15) is 4.79 Å². The molecule has 1 aliphatic heterocycles. The monoisotopic (exact) mass is 217 g/mol. The van der Waals surface area contributed by atoms with Crippen LogP contribution in [-0.4, -0.2) is 29.5 Å². The maximum absolute atomic E-state index is 11.7. The Hall–Kier alpha value is -2.09. The van der Waals surface area contributed by atoms with Crippen molar-refractivity contribution in [1.82, 2.24) is 9.97 Å². The topological polar surface area (TPSA) is 55.3 Å². The predicted molar refractivity (Wildman–Crippen MR) is 57.9 cm³/mol. The predicted octanol–water partition coefficient (Wildman–Crippen LogP) is 0.471. The molecule has 82 valence electrons. The third kappa shape index (κ3) is 1.82. The highest BCUT2D eigenvalue weighted by atomic mass is 16.5. The number of amides is 1. The fraction of sp³-hybridized carbons (Fsp3) is 0.364. The molecule has 0 bridgehead atoms. The average Bonchev–Trinajstić information content (AvgIpc) is 2.71. The molecule has 16 heavy (non-hydrogen) atoms. The average molecular weight is 217 g/mol. The maximum Gasteiger partial charge on any atom is 0.318 e. The van der Waals surface area contributed by atoms with Gasteiger partial charge in [0, 0.05) is 25.1 Å². The lowest BCUT2D eigenvalue weighted by Gasteiger charge is -2.14. The zero-order valence-electron chi connectivity index (χ0n) is 8.88. The molecule has 0 saturated carbocycles. The van der Waals surface area contributed by atoms with Crippen LogP contribution in [0.25, 0.3) is 0 Å². The first-order valence-electron chi connectivity index (χ1n) is 4.88. The fourth-order valence-corrected chi connectivity index (χ4v) is 1.62. The van der Waals surface area contributed by atoms with Crippen molar-refractivity contribution in [3.8, 4) is 18.4 Å². The van der Waals surface area contributed by atoms with Crippen molar-refractivity contribution in [3.05, 3.63) is 12.3 Å². The number of methoxy groups -OCH3 is 1. The zero-order chi connectivity index (χ0) is 11.5. The Labute approximate surface area is 93.5 Å². The van der Waals surface area contributed by atoms with Crippen LogP contribution in [0.15, 0.2) is 12.3 Å². The number of hydrogen-bond acceptors (Lipinski definition) is 4. The van der Waals surface area contributed by atoms with E-state index in [1.165, 1.54) is 7.11 Å². The second-order valence-corrected chi connectivity index (χ2v) is 3.47. The minimum absolute atomic E-state index is 0.0105. The SMILES string of the molecule is C#CC1CC(=O)N(c2ccnc(OC)n2)C1. The summed E-state index contributed by atoms with van der Waals surface area (Å²) >= 11 is 0. The Morgan fingerprint density at radius 2 is 2.50 bits per heavy atom. The third-order valence-corrected chi connectivity index (χ3v) is 2.44. The molecule has 0 spiro atoms. The van der Waals surface area contributed by atoms with E-state index in [0.29, 0.717) is 18.8 Å². The van der Waals surface area contributed by atoms with Gasteiger partial charge in [-0.05, 0) is 6.07 Å². The number of rotatable bonds is 2. The molecule has 2 heterocycles.